The minimum Gasteiger partial charge on any atom is -0.458 e. The molecule has 2 aliphatic rings. The second-order valence-electron chi connectivity index (χ2n) is 12.3. The zero-order valence-corrected chi connectivity index (χ0v) is 23.4. The van der Waals surface area contributed by atoms with Crippen LogP contribution in [0.3, 0.4) is 0 Å². The molecule has 0 radical (unpaired) electrons. The molecule has 0 N–H and O–H groups in total. The molecular weight excluding hydrogens is 468 g/mol. The third kappa shape index (κ3) is 4.02. The number of carbonyl (C=O) groups is 1. The molecule has 5 rings (SSSR count). The maximum absolute atomic E-state index is 13.9. The molecule has 0 amide bonds. The molecule has 7 heteroatoms. The van der Waals surface area contributed by atoms with Crippen molar-refractivity contribution >= 4 is 24.9 Å². The van der Waals surface area contributed by atoms with E-state index in [1.54, 1.807) is 0 Å². The van der Waals surface area contributed by atoms with E-state index in [2.05, 4.69) is 31.8 Å². The number of pyridine rings is 2. The summed E-state index contributed by atoms with van der Waals surface area (Å²) in [6, 6.07) is 11.4. The lowest BCUT2D eigenvalue weighted by atomic mass is 9.84. The Balaban J connectivity index is 1.76. The lowest BCUT2D eigenvalue weighted by Gasteiger charge is -2.40. The first kappa shape index (κ1) is 24.9. The normalized spacial score (nSPS) is 19.1. The first-order valence-corrected chi connectivity index (χ1v) is 16.6. The van der Waals surface area contributed by atoms with Gasteiger partial charge in [0.2, 0.25) is 0 Å². The molecule has 0 unspecified atom stereocenters. The number of esters is 1. The molecule has 36 heavy (non-hydrogen) atoms. The fourth-order valence-corrected chi connectivity index (χ4v) is 6.58. The molecule has 1 atom stereocenters. The van der Waals surface area contributed by atoms with E-state index in [1.165, 1.54) is 5.56 Å². The van der Waals surface area contributed by atoms with Crippen molar-refractivity contribution < 1.29 is 14.3 Å². The number of nitrogens with zero attached hydrogens (tertiary/aromatic N) is 2. The molecule has 6 nitrogen and oxygen atoms in total. The molecule has 0 fully saturated rings. The third-order valence-corrected chi connectivity index (χ3v) is 9.04. The summed E-state index contributed by atoms with van der Waals surface area (Å²) >= 11 is 0. The monoisotopic (exact) mass is 504 g/mol. The summed E-state index contributed by atoms with van der Waals surface area (Å²) < 4.78 is 13.7. The number of carbonyl (C=O) groups excluding carboxylic acids is 1. The van der Waals surface area contributed by atoms with E-state index in [-0.39, 0.29) is 12.2 Å². The number of benzene rings is 1. The zero-order valence-electron chi connectivity index (χ0n) is 22.4. The van der Waals surface area contributed by atoms with Gasteiger partial charge in [-0.2, -0.15) is 0 Å². The van der Waals surface area contributed by atoms with Gasteiger partial charge in [0, 0.05) is 24.6 Å². The average molecular weight is 505 g/mol. The fraction of sp³-hybridized carbons (Fsp3) is 0.483. The highest BCUT2D eigenvalue weighted by molar-refractivity contribution is 6.76. The molecule has 0 saturated carbocycles. The van der Waals surface area contributed by atoms with Crippen molar-refractivity contribution in [1.82, 2.24) is 9.55 Å². The quantitative estimate of drug-likeness (QED) is 0.254. The van der Waals surface area contributed by atoms with E-state index < -0.39 is 25.2 Å². The van der Waals surface area contributed by atoms with Crippen molar-refractivity contribution in [2.24, 2.45) is 0 Å². The number of hydrogen-bond donors (Lipinski definition) is 0. The Labute approximate surface area is 213 Å². The van der Waals surface area contributed by atoms with Gasteiger partial charge in [-0.1, -0.05) is 50.8 Å². The van der Waals surface area contributed by atoms with Gasteiger partial charge in [-0.15, -0.1) is 0 Å². The van der Waals surface area contributed by atoms with Crippen molar-refractivity contribution in [3.63, 3.8) is 0 Å². The van der Waals surface area contributed by atoms with Crippen LogP contribution >= 0.6 is 0 Å². The number of hydrogen-bond acceptors (Lipinski definition) is 5. The topological polar surface area (TPSA) is 70.4 Å². The average Bonchev–Trinajstić information content (AvgIpc) is 3.16. The van der Waals surface area contributed by atoms with E-state index in [0.717, 1.165) is 40.3 Å². The van der Waals surface area contributed by atoms with Crippen molar-refractivity contribution in [2.75, 3.05) is 0 Å². The van der Waals surface area contributed by atoms with Crippen molar-refractivity contribution in [2.45, 2.75) is 90.6 Å². The largest absolute Gasteiger partial charge is 0.458 e. The lowest BCUT2D eigenvalue weighted by molar-refractivity contribution is -0.200. The number of aromatic nitrogens is 2. The molecule has 0 bridgehead atoms. The Morgan fingerprint density at radius 2 is 1.86 bits per heavy atom. The van der Waals surface area contributed by atoms with Crippen molar-refractivity contribution in [1.29, 1.82) is 0 Å². The highest BCUT2D eigenvalue weighted by atomic mass is 28.3. The van der Waals surface area contributed by atoms with Gasteiger partial charge in [0.05, 0.1) is 34.6 Å². The van der Waals surface area contributed by atoms with Crippen LogP contribution in [-0.4, -0.2) is 29.2 Å². The second kappa shape index (κ2) is 8.38. The summed E-state index contributed by atoms with van der Waals surface area (Å²) in [6.07, 6.45) is 1.34. The number of rotatable bonds is 5. The summed E-state index contributed by atoms with van der Waals surface area (Å²) in [6.45, 7) is 15.3. The van der Waals surface area contributed by atoms with Gasteiger partial charge in [-0.3, -0.25) is 4.79 Å². The zero-order chi connectivity index (χ0) is 26.0. The molecular formula is C29H36N2O4Si. The Morgan fingerprint density at radius 3 is 2.53 bits per heavy atom. The van der Waals surface area contributed by atoms with Gasteiger partial charge in [0.25, 0.3) is 5.56 Å². The first-order valence-electron chi connectivity index (χ1n) is 12.9. The molecule has 2 aliphatic heterocycles. The second-order valence-corrected chi connectivity index (χ2v) is 17.9. The van der Waals surface area contributed by atoms with Crippen LogP contribution in [0, 0.1) is 0 Å². The number of fused-ring (bicyclic) bond motifs is 5. The molecule has 4 heterocycles. The number of cyclic esters (lactones) is 1. The van der Waals surface area contributed by atoms with Crippen molar-refractivity contribution in [3.8, 4) is 11.4 Å². The molecule has 3 aromatic rings. The predicted molar refractivity (Wildman–Crippen MR) is 145 cm³/mol. The van der Waals surface area contributed by atoms with Gasteiger partial charge in [0.1, 0.15) is 6.61 Å². The minimum atomic E-state index is -1.32. The van der Waals surface area contributed by atoms with Crippen LogP contribution < -0.4 is 5.56 Å². The Bertz CT molecular complexity index is 1440. The van der Waals surface area contributed by atoms with E-state index in [0.29, 0.717) is 24.1 Å². The van der Waals surface area contributed by atoms with Gasteiger partial charge in [-0.05, 0) is 51.3 Å². The molecule has 0 aliphatic carbocycles. The van der Waals surface area contributed by atoms with Gasteiger partial charge in [0.15, 0.2) is 5.60 Å². The Kier molecular flexibility index (Phi) is 5.80. The summed E-state index contributed by atoms with van der Waals surface area (Å²) in [5.74, 6) is -0.433. The fourth-order valence-electron chi connectivity index (χ4n) is 5.58. The molecule has 0 saturated heterocycles. The SMILES string of the molecule is CC[C@@]1(OC(C)(C)C)C(=O)OCc2c1cc1n(c2=O)Cc2c-1nc1ccccc1c2CC[Si](C)(C)C. The van der Waals surface area contributed by atoms with Crippen LogP contribution in [0.1, 0.15) is 56.4 Å². The van der Waals surface area contributed by atoms with Crippen LogP contribution in [0.15, 0.2) is 35.1 Å². The standard InChI is InChI=1S/C29H36N2O4Si/c1-8-29(35-28(2,3)4)22-15-24-25-20(16-31(24)26(32)21(22)17-34-27(29)33)18(13-14-36(5,6)7)19-11-9-10-12-23(19)30-25/h9-12,15H,8,13-14,16-17H2,1-7H3/t29-/m0/s1. The number of para-hydroxylation sites is 1. The maximum Gasteiger partial charge on any atom is 0.343 e. The summed E-state index contributed by atoms with van der Waals surface area (Å²) in [4.78, 5) is 32.1. The van der Waals surface area contributed by atoms with Gasteiger partial charge < -0.3 is 14.0 Å². The number of ether oxygens (including phenoxy) is 2. The maximum atomic E-state index is 13.9. The van der Waals surface area contributed by atoms with Crippen LogP contribution in [0.25, 0.3) is 22.3 Å². The van der Waals surface area contributed by atoms with E-state index in [9.17, 15) is 9.59 Å². The minimum absolute atomic E-state index is 0.0310. The van der Waals surface area contributed by atoms with Gasteiger partial charge >= 0.3 is 5.97 Å². The molecule has 2 aromatic heterocycles. The molecule has 0 spiro atoms. The Hall–Kier alpha value is -2.77. The molecule has 1 aromatic carbocycles. The molecule has 190 valence electrons. The lowest BCUT2D eigenvalue weighted by Crippen LogP contribution is -2.49. The van der Waals surface area contributed by atoms with Gasteiger partial charge in [-0.25, -0.2) is 9.78 Å². The number of aryl methyl sites for hydroxylation is 1. The summed E-state index contributed by atoms with van der Waals surface area (Å²) in [7, 11) is -1.29. The summed E-state index contributed by atoms with van der Waals surface area (Å²) in [5, 5.41) is 1.16. The third-order valence-electron chi connectivity index (χ3n) is 7.29. The van der Waals surface area contributed by atoms with Crippen LogP contribution in [0.2, 0.25) is 25.7 Å². The highest BCUT2D eigenvalue weighted by Gasteiger charge is 2.50. The van der Waals surface area contributed by atoms with Crippen LogP contribution in [0.5, 0.6) is 0 Å². The van der Waals surface area contributed by atoms with Crippen LogP contribution in [-0.2, 0) is 39.4 Å². The van der Waals surface area contributed by atoms with Crippen LogP contribution in [0.4, 0.5) is 0 Å². The smallest absolute Gasteiger partial charge is 0.343 e. The predicted octanol–water partition coefficient (Wildman–Crippen LogP) is 5.78. The van der Waals surface area contributed by atoms with E-state index in [4.69, 9.17) is 14.5 Å². The van der Waals surface area contributed by atoms with E-state index in [1.807, 2.05) is 50.5 Å². The highest BCUT2D eigenvalue weighted by Crippen LogP contribution is 2.43. The Morgan fingerprint density at radius 1 is 1.14 bits per heavy atom. The summed E-state index contributed by atoms with van der Waals surface area (Å²) in [5.41, 5.74) is 4.05. The van der Waals surface area contributed by atoms with E-state index >= 15 is 0 Å². The first-order chi connectivity index (χ1) is 16.8. The van der Waals surface area contributed by atoms with Crippen molar-refractivity contribution in [3.05, 3.63) is 62.9 Å².